The Bertz CT molecular complexity index is 536. The molecule has 0 aliphatic carbocycles. The van der Waals surface area contributed by atoms with Gasteiger partial charge in [0, 0.05) is 5.88 Å². The highest BCUT2D eigenvalue weighted by Crippen LogP contribution is 2.19. The van der Waals surface area contributed by atoms with Crippen LogP contribution in [0.2, 0.25) is 0 Å². The van der Waals surface area contributed by atoms with Gasteiger partial charge < -0.3 is 0 Å². The Balaban J connectivity index is 2.07. The van der Waals surface area contributed by atoms with E-state index in [-0.39, 0.29) is 5.82 Å². The predicted octanol–water partition coefficient (Wildman–Crippen LogP) is 4.77. The third-order valence-corrected chi connectivity index (χ3v) is 3.84. The third-order valence-electron chi connectivity index (χ3n) is 3.40. The molecule has 0 fully saturated rings. The van der Waals surface area contributed by atoms with E-state index in [9.17, 15) is 4.39 Å². The molecule has 0 aliphatic rings. The van der Waals surface area contributed by atoms with E-state index < -0.39 is 0 Å². The van der Waals surface area contributed by atoms with E-state index in [1.807, 2.05) is 12.1 Å². The van der Waals surface area contributed by atoms with Crippen LogP contribution in [-0.4, -0.2) is 5.88 Å². The zero-order valence-electron chi connectivity index (χ0n) is 11.1. The standard InChI is InChI=1S/C17H18ClF/c1-13-5-2-3-7-16(13)10-15(12-18)9-14-6-4-8-17(19)11-14/h2-8,11,15H,9-10,12H2,1H3. The molecule has 0 nitrogen and oxygen atoms in total. The van der Waals surface area contributed by atoms with Crippen molar-refractivity contribution in [3.05, 3.63) is 71.0 Å². The van der Waals surface area contributed by atoms with Crippen LogP contribution in [0.1, 0.15) is 16.7 Å². The van der Waals surface area contributed by atoms with Gasteiger partial charge in [-0.15, -0.1) is 11.6 Å². The Morgan fingerprint density at radius 2 is 1.84 bits per heavy atom. The van der Waals surface area contributed by atoms with Crippen molar-refractivity contribution in [2.24, 2.45) is 5.92 Å². The summed E-state index contributed by atoms with van der Waals surface area (Å²) in [6.45, 7) is 2.11. The molecule has 0 bridgehead atoms. The summed E-state index contributed by atoms with van der Waals surface area (Å²) in [6, 6.07) is 15.1. The third kappa shape index (κ3) is 4.07. The Kier molecular flexibility index (Phi) is 4.98. The van der Waals surface area contributed by atoms with Gasteiger partial charge in [-0.05, 0) is 54.5 Å². The molecule has 2 aromatic rings. The van der Waals surface area contributed by atoms with E-state index in [0.29, 0.717) is 11.8 Å². The highest BCUT2D eigenvalue weighted by atomic mass is 35.5. The Morgan fingerprint density at radius 3 is 2.53 bits per heavy atom. The van der Waals surface area contributed by atoms with Gasteiger partial charge in [0.15, 0.2) is 0 Å². The van der Waals surface area contributed by atoms with Crippen LogP contribution in [0.3, 0.4) is 0 Å². The Morgan fingerprint density at radius 1 is 1.05 bits per heavy atom. The molecule has 19 heavy (non-hydrogen) atoms. The second-order valence-corrected chi connectivity index (χ2v) is 5.29. The van der Waals surface area contributed by atoms with Crippen molar-refractivity contribution < 1.29 is 4.39 Å². The van der Waals surface area contributed by atoms with Crippen molar-refractivity contribution in [3.63, 3.8) is 0 Å². The molecule has 2 heteroatoms. The average molecular weight is 277 g/mol. The summed E-state index contributed by atoms with van der Waals surface area (Å²) >= 11 is 6.07. The van der Waals surface area contributed by atoms with Crippen LogP contribution in [0, 0.1) is 18.7 Å². The first kappa shape index (κ1) is 14.1. The number of hydrogen-bond donors (Lipinski definition) is 0. The molecule has 0 aliphatic heterocycles. The van der Waals surface area contributed by atoms with Crippen LogP contribution in [0.5, 0.6) is 0 Å². The summed E-state index contributed by atoms with van der Waals surface area (Å²) in [6.07, 6.45) is 1.75. The molecular formula is C17H18ClF. The zero-order valence-corrected chi connectivity index (χ0v) is 11.8. The Labute approximate surface area is 119 Å². The molecule has 1 atom stereocenters. The molecule has 0 N–H and O–H groups in total. The van der Waals surface area contributed by atoms with E-state index in [2.05, 4.69) is 25.1 Å². The van der Waals surface area contributed by atoms with Crippen molar-refractivity contribution >= 4 is 11.6 Å². The van der Waals surface area contributed by atoms with Crippen LogP contribution in [0.15, 0.2) is 48.5 Å². The molecule has 0 saturated heterocycles. The molecule has 0 saturated carbocycles. The first-order valence-corrected chi connectivity index (χ1v) is 7.07. The number of aryl methyl sites for hydroxylation is 1. The maximum Gasteiger partial charge on any atom is 0.123 e. The van der Waals surface area contributed by atoms with Crippen LogP contribution in [-0.2, 0) is 12.8 Å². The fourth-order valence-corrected chi connectivity index (χ4v) is 2.55. The van der Waals surface area contributed by atoms with Gasteiger partial charge in [0.05, 0.1) is 0 Å². The summed E-state index contributed by atoms with van der Waals surface area (Å²) in [4.78, 5) is 0. The van der Waals surface area contributed by atoms with E-state index in [4.69, 9.17) is 11.6 Å². The van der Waals surface area contributed by atoms with Crippen molar-refractivity contribution in [1.29, 1.82) is 0 Å². The lowest BCUT2D eigenvalue weighted by atomic mass is 9.92. The van der Waals surface area contributed by atoms with Gasteiger partial charge in [0.1, 0.15) is 5.82 Å². The monoisotopic (exact) mass is 276 g/mol. The van der Waals surface area contributed by atoms with Gasteiger partial charge >= 0.3 is 0 Å². The first-order chi connectivity index (χ1) is 9.19. The summed E-state index contributed by atoms with van der Waals surface area (Å²) in [7, 11) is 0. The fraction of sp³-hybridized carbons (Fsp3) is 0.294. The van der Waals surface area contributed by atoms with E-state index in [1.165, 1.54) is 17.2 Å². The van der Waals surface area contributed by atoms with Crippen LogP contribution < -0.4 is 0 Å². The average Bonchev–Trinajstić information content (AvgIpc) is 2.40. The van der Waals surface area contributed by atoms with Crippen LogP contribution >= 0.6 is 11.6 Å². The minimum Gasteiger partial charge on any atom is -0.207 e. The van der Waals surface area contributed by atoms with Crippen LogP contribution in [0.25, 0.3) is 0 Å². The lowest BCUT2D eigenvalue weighted by Gasteiger charge is -2.15. The lowest BCUT2D eigenvalue weighted by Crippen LogP contribution is -2.11. The van der Waals surface area contributed by atoms with Gasteiger partial charge in [-0.2, -0.15) is 0 Å². The molecule has 0 spiro atoms. The van der Waals surface area contributed by atoms with Gasteiger partial charge in [-0.25, -0.2) is 4.39 Å². The summed E-state index contributed by atoms with van der Waals surface area (Å²) < 4.78 is 13.2. The zero-order chi connectivity index (χ0) is 13.7. The van der Waals surface area contributed by atoms with Gasteiger partial charge in [0.25, 0.3) is 0 Å². The molecular weight excluding hydrogens is 259 g/mol. The molecule has 2 rings (SSSR count). The maximum atomic E-state index is 13.2. The second-order valence-electron chi connectivity index (χ2n) is 4.98. The molecule has 0 heterocycles. The largest absolute Gasteiger partial charge is 0.207 e. The number of halogens is 2. The molecule has 1 unspecified atom stereocenters. The quantitative estimate of drug-likeness (QED) is 0.690. The van der Waals surface area contributed by atoms with Crippen molar-refractivity contribution in [2.75, 3.05) is 5.88 Å². The summed E-state index contributed by atoms with van der Waals surface area (Å²) in [5.74, 6) is 0.747. The van der Waals surface area contributed by atoms with E-state index >= 15 is 0 Å². The predicted molar refractivity (Wildman–Crippen MR) is 79.2 cm³/mol. The van der Waals surface area contributed by atoms with Gasteiger partial charge in [0.2, 0.25) is 0 Å². The smallest absolute Gasteiger partial charge is 0.123 e. The highest BCUT2D eigenvalue weighted by Gasteiger charge is 2.11. The number of benzene rings is 2. The minimum absolute atomic E-state index is 0.179. The SMILES string of the molecule is Cc1ccccc1CC(CCl)Cc1cccc(F)c1. The Hall–Kier alpha value is -1.34. The summed E-state index contributed by atoms with van der Waals surface area (Å²) in [5.41, 5.74) is 3.63. The number of hydrogen-bond acceptors (Lipinski definition) is 0. The first-order valence-electron chi connectivity index (χ1n) is 6.54. The topological polar surface area (TPSA) is 0 Å². The maximum absolute atomic E-state index is 13.2. The number of rotatable bonds is 5. The fourth-order valence-electron chi connectivity index (χ4n) is 2.33. The van der Waals surface area contributed by atoms with Crippen molar-refractivity contribution in [3.8, 4) is 0 Å². The van der Waals surface area contributed by atoms with E-state index in [1.54, 1.807) is 12.1 Å². The van der Waals surface area contributed by atoms with Crippen molar-refractivity contribution in [1.82, 2.24) is 0 Å². The molecule has 0 aromatic heterocycles. The van der Waals surface area contributed by atoms with E-state index in [0.717, 1.165) is 18.4 Å². The van der Waals surface area contributed by atoms with Crippen LogP contribution in [0.4, 0.5) is 4.39 Å². The molecule has 0 radical (unpaired) electrons. The molecule has 0 amide bonds. The van der Waals surface area contributed by atoms with Gasteiger partial charge in [-0.3, -0.25) is 0 Å². The lowest BCUT2D eigenvalue weighted by molar-refractivity contribution is 0.575. The van der Waals surface area contributed by atoms with Gasteiger partial charge in [-0.1, -0.05) is 36.4 Å². The summed E-state index contributed by atoms with van der Waals surface area (Å²) in [5, 5.41) is 0. The second kappa shape index (κ2) is 6.72. The highest BCUT2D eigenvalue weighted by molar-refractivity contribution is 6.18. The van der Waals surface area contributed by atoms with Crippen molar-refractivity contribution in [2.45, 2.75) is 19.8 Å². The minimum atomic E-state index is -0.179. The normalized spacial score (nSPS) is 12.4. The molecule has 2 aromatic carbocycles. The molecule has 100 valence electrons. The number of alkyl halides is 1.